The van der Waals surface area contributed by atoms with Gasteiger partial charge in [-0.05, 0) is 25.0 Å². The molecule has 2 atom stereocenters. The molecule has 1 aromatic carbocycles. The molecular formula is C16H18FN3O2. The number of halogens is 1. The molecule has 6 heteroatoms. The van der Waals surface area contributed by atoms with Crippen molar-refractivity contribution in [2.45, 2.75) is 31.9 Å². The standard InChI is InChI=1S/C16H18FN3O2/c1-11-19-16(20-22-11)15(13-7-2-3-8-14(13)17)18-10-12-6-4-5-9-21-12/h2-3,5,7-9,12,15,18H,4,6,10H2,1H3/t12-,15+/m0/s1. The van der Waals surface area contributed by atoms with Crippen LogP contribution in [0.1, 0.15) is 36.2 Å². The Kier molecular flexibility index (Phi) is 4.48. The van der Waals surface area contributed by atoms with Crippen LogP contribution in [0.2, 0.25) is 0 Å². The smallest absolute Gasteiger partial charge is 0.223 e. The maximum atomic E-state index is 14.1. The van der Waals surface area contributed by atoms with Crippen molar-refractivity contribution in [3.63, 3.8) is 0 Å². The Bertz CT molecular complexity index is 656. The summed E-state index contributed by atoms with van der Waals surface area (Å²) < 4.78 is 24.7. The second-order valence-corrected chi connectivity index (χ2v) is 5.24. The number of rotatable bonds is 5. The van der Waals surface area contributed by atoms with Gasteiger partial charge in [0.25, 0.3) is 0 Å². The van der Waals surface area contributed by atoms with E-state index in [1.807, 2.05) is 6.08 Å². The van der Waals surface area contributed by atoms with Crippen molar-refractivity contribution in [2.75, 3.05) is 6.54 Å². The number of hydrogen-bond acceptors (Lipinski definition) is 5. The molecule has 0 amide bonds. The van der Waals surface area contributed by atoms with E-state index >= 15 is 0 Å². The summed E-state index contributed by atoms with van der Waals surface area (Å²) in [5.74, 6) is 0.579. The van der Waals surface area contributed by atoms with Gasteiger partial charge >= 0.3 is 0 Å². The number of allylic oxidation sites excluding steroid dienone is 1. The van der Waals surface area contributed by atoms with Gasteiger partial charge in [0.05, 0.1) is 12.3 Å². The van der Waals surface area contributed by atoms with Crippen molar-refractivity contribution in [1.29, 1.82) is 0 Å². The first-order valence-electron chi connectivity index (χ1n) is 7.32. The minimum atomic E-state index is -0.465. The molecular weight excluding hydrogens is 285 g/mol. The van der Waals surface area contributed by atoms with Crippen molar-refractivity contribution in [1.82, 2.24) is 15.5 Å². The summed E-state index contributed by atoms with van der Waals surface area (Å²) in [5, 5.41) is 7.22. The van der Waals surface area contributed by atoms with Crippen LogP contribution in [0.5, 0.6) is 0 Å². The van der Waals surface area contributed by atoms with Gasteiger partial charge in [0.2, 0.25) is 5.89 Å². The molecule has 1 aliphatic rings. The second-order valence-electron chi connectivity index (χ2n) is 5.24. The van der Waals surface area contributed by atoms with Crippen LogP contribution < -0.4 is 5.32 Å². The Morgan fingerprint density at radius 3 is 2.95 bits per heavy atom. The van der Waals surface area contributed by atoms with Crippen molar-refractivity contribution in [2.24, 2.45) is 0 Å². The molecule has 0 spiro atoms. The minimum Gasteiger partial charge on any atom is -0.497 e. The molecule has 2 heterocycles. The van der Waals surface area contributed by atoms with E-state index in [9.17, 15) is 4.39 Å². The van der Waals surface area contributed by atoms with E-state index in [2.05, 4.69) is 15.5 Å². The summed E-state index contributed by atoms with van der Waals surface area (Å²) in [5.41, 5.74) is 0.495. The quantitative estimate of drug-likeness (QED) is 0.920. The van der Waals surface area contributed by atoms with Gasteiger partial charge in [-0.1, -0.05) is 23.4 Å². The Balaban J connectivity index is 1.80. The number of aryl methyl sites for hydroxylation is 1. The number of ether oxygens (including phenoxy) is 1. The summed E-state index contributed by atoms with van der Waals surface area (Å²) in [6.07, 6.45) is 5.68. The summed E-state index contributed by atoms with van der Waals surface area (Å²) in [4.78, 5) is 4.23. The Labute approximate surface area is 128 Å². The highest BCUT2D eigenvalue weighted by Crippen LogP contribution is 2.23. The molecule has 0 unspecified atom stereocenters. The topological polar surface area (TPSA) is 60.2 Å². The average Bonchev–Trinajstić information content (AvgIpc) is 2.96. The molecule has 22 heavy (non-hydrogen) atoms. The van der Waals surface area contributed by atoms with Crippen LogP contribution in [-0.4, -0.2) is 22.8 Å². The molecule has 1 aliphatic heterocycles. The number of nitrogens with one attached hydrogen (secondary N) is 1. The third-order valence-electron chi connectivity index (χ3n) is 3.59. The van der Waals surface area contributed by atoms with Gasteiger partial charge in [-0.25, -0.2) is 4.39 Å². The van der Waals surface area contributed by atoms with Crippen molar-refractivity contribution >= 4 is 0 Å². The Morgan fingerprint density at radius 2 is 2.27 bits per heavy atom. The van der Waals surface area contributed by atoms with E-state index in [4.69, 9.17) is 9.26 Å². The third kappa shape index (κ3) is 3.33. The fourth-order valence-electron chi connectivity index (χ4n) is 2.47. The highest BCUT2D eigenvalue weighted by Gasteiger charge is 2.24. The molecule has 1 N–H and O–H groups in total. The fraction of sp³-hybridized carbons (Fsp3) is 0.375. The zero-order chi connectivity index (χ0) is 15.4. The monoisotopic (exact) mass is 303 g/mol. The van der Waals surface area contributed by atoms with Crippen molar-refractivity contribution in [3.8, 4) is 0 Å². The Morgan fingerprint density at radius 1 is 1.41 bits per heavy atom. The van der Waals surface area contributed by atoms with Crippen molar-refractivity contribution < 1.29 is 13.7 Å². The summed E-state index contributed by atoms with van der Waals surface area (Å²) >= 11 is 0. The largest absolute Gasteiger partial charge is 0.497 e. The van der Waals surface area contributed by atoms with Crippen LogP contribution in [0.4, 0.5) is 4.39 Å². The zero-order valence-electron chi connectivity index (χ0n) is 12.3. The molecule has 0 bridgehead atoms. The SMILES string of the molecule is Cc1nc([C@H](NC[C@@H]2CCC=CO2)c2ccccc2F)no1. The van der Waals surface area contributed by atoms with Gasteiger partial charge < -0.3 is 9.26 Å². The molecule has 1 aromatic heterocycles. The van der Waals surface area contributed by atoms with E-state index in [0.29, 0.717) is 23.8 Å². The van der Waals surface area contributed by atoms with Crippen LogP contribution in [0, 0.1) is 12.7 Å². The number of nitrogens with zero attached hydrogens (tertiary/aromatic N) is 2. The van der Waals surface area contributed by atoms with E-state index in [1.165, 1.54) is 6.07 Å². The minimum absolute atomic E-state index is 0.0623. The highest BCUT2D eigenvalue weighted by molar-refractivity contribution is 5.26. The average molecular weight is 303 g/mol. The van der Waals surface area contributed by atoms with Gasteiger partial charge in [-0.2, -0.15) is 4.98 Å². The Hall–Kier alpha value is -2.21. The van der Waals surface area contributed by atoms with Gasteiger partial charge in [0.15, 0.2) is 5.82 Å². The van der Waals surface area contributed by atoms with E-state index in [1.54, 1.807) is 31.4 Å². The maximum Gasteiger partial charge on any atom is 0.223 e. The maximum absolute atomic E-state index is 14.1. The normalized spacial score (nSPS) is 18.9. The van der Waals surface area contributed by atoms with Crippen molar-refractivity contribution in [3.05, 3.63) is 59.7 Å². The lowest BCUT2D eigenvalue weighted by molar-refractivity contribution is 0.120. The molecule has 3 rings (SSSR count). The van der Waals surface area contributed by atoms with Crippen LogP contribution in [0.3, 0.4) is 0 Å². The van der Waals surface area contributed by atoms with Crippen LogP contribution in [0.25, 0.3) is 0 Å². The molecule has 116 valence electrons. The van der Waals surface area contributed by atoms with Crippen LogP contribution >= 0.6 is 0 Å². The first-order chi connectivity index (χ1) is 10.7. The lowest BCUT2D eigenvalue weighted by atomic mass is 10.0. The van der Waals surface area contributed by atoms with E-state index < -0.39 is 6.04 Å². The molecule has 0 fully saturated rings. The van der Waals surface area contributed by atoms with Gasteiger partial charge in [0.1, 0.15) is 11.9 Å². The molecule has 2 aromatic rings. The second kappa shape index (κ2) is 6.70. The zero-order valence-corrected chi connectivity index (χ0v) is 12.3. The van der Waals surface area contributed by atoms with Crippen LogP contribution in [0.15, 0.2) is 41.1 Å². The van der Waals surface area contributed by atoms with Gasteiger partial charge in [-0.3, -0.25) is 5.32 Å². The van der Waals surface area contributed by atoms with Gasteiger partial charge in [-0.15, -0.1) is 0 Å². The lowest BCUT2D eigenvalue weighted by Gasteiger charge is -2.23. The highest BCUT2D eigenvalue weighted by atomic mass is 19.1. The predicted octanol–water partition coefficient (Wildman–Crippen LogP) is 2.89. The third-order valence-corrected chi connectivity index (χ3v) is 3.59. The molecule has 5 nitrogen and oxygen atoms in total. The molecule has 0 aliphatic carbocycles. The molecule has 0 radical (unpaired) electrons. The van der Waals surface area contributed by atoms with E-state index in [-0.39, 0.29) is 11.9 Å². The summed E-state index contributed by atoms with van der Waals surface area (Å²) in [7, 11) is 0. The van der Waals surface area contributed by atoms with Crippen LogP contribution in [-0.2, 0) is 4.74 Å². The summed E-state index contributed by atoms with van der Waals surface area (Å²) in [6, 6.07) is 6.14. The first-order valence-corrected chi connectivity index (χ1v) is 7.32. The van der Waals surface area contributed by atoms with Gasteiger partial charge in [0, 0.05) is 19.0 Å². The predicted molar refractivity (Wildman–Crippen MR) is 78.5 cm³/mol. The fourth-order valence-corrected chi connectivity index (χ4v) is 2.47. The number of benzene rings is 1. The molecule has 0 saturated carbocycles. The summed E-state index contributed by atoms with van der Waals surface area (Å²) in [6.45, 7) is 2.29. The first kappa shape index (κ1) is 14.7. The van der Waals surface area contributed by atoms with E-state index in [0.717, 1.165) is 12.8 Å². The molecule has 0 saturated heterocycles. The lowest BCUT2D eigenvalue weighted by Crippen LogP contribution is -2.33. The number of hydrogen-bond donors (Lipinski definition) is 1. The number of aromatic nitrogens is 2.